The van der Waals surface area contributed by atoms with Gasteiger partial charge in [0, 0.05) is 5.69 Å². The number of pyridine rings is 1. The number of nitrogens with two attached hydrogens (primary N) is 1. The number of rotatable bonds is 2. The number of esters is 1. The molecule has 0 aliphatic rings. The Labute approximate surface area is 85.0 Å². The van der Waals surface area contributed by atoms with Gasteiger partial charge in [-0.25, -0.2) is 9.78 Å². The third kappa shape index (κ3) is 2.01. The summed E-state index contributed by atoms with van der Waals surface area (Å²) in [5.41, 5.74) is 5.06. The van der Waals surface area contributed by atoms with Crippen molar-refractivity contribution in [2.45, 2.75) is 6.92 Å². The second kappa shape index (κ2) is 3.91. The monoisotopic (exact) mass is 211 g/mol. The molecule has 1 aromatic rings. The minimum Gasteiger partial charge on any atom is -0.465 e. The van der Waals surface area contributed by atoms with E-state index in [4.69, 9.17) is 5.73 Å². The maximum Gasteiger partial charge on any atom is 0.345 e. The Morgan fingerprint density at radius 2 is 2.27 bits per heavy atom. The number of aryl methyl sites for hydroxylation is 1. The minimum atomic E-state index is -0.807. The SMILES string of the molecule is COC(=O)c1cc(C)nc(N)c1[N+](=O)[O-]. The molecule has 0 saturated carbocycles. The zero-order chi connectivity index (χ0) is 11.6. The van der Waals surface area contributed by atoms with E-state index in [0.29, 0.717) is 5.69 Å². The molecule has 0 saturated heterocycles. The third-order valence-corrected chi connectivity index (χ3v) is 1.74. The van der Waals surface area contributed by atoms with Gasteiger partial charge in [0.2, 0.25) is 5.82 Å². The number of anilines is 1. The fourth-order valence-electron chi connectivity index (χ4n) is 1.15. The first-order valence-electron chi connectivity index (χ1n) is 3.97. The Kier molecular flexibility index (Phi) is 2.84. The van der Waals surface area contributed by atoms with E-state index < -0.39 is 16.6 Å². The summed E-state index contributed by atoms with van der Waals surface area (Å²) in [7, 11) is 1.14. The summed E-state index contributed by atoms with van der Waals surface area (Å²) in [6, 6.07) is 1.26. The van der Waals surface area contributed by atoms with Crippen LogP contribution in [0.5, 0.6) is 0 Å². The Morgan fingerprint density at radius 1 is 1.67 bits per heavy atom. The van der Waals surface area contributed by atoms with Crippen molar-refractivity contribution in [2.75, 3.05) is 12.8 Å². The van der Waals surface area contributed by atoms with Gasteiger partial charge in [0.1, 0.15) is 5.56 Å². The highest BCUT2D eigenvalue weighted by Gasteiger charge is 2.25. The largest absolute Gasteiger partial charge is 0.465 e. The van der Waals surface area contributed by atoms with Crippen LogP contribution >= 0.6 is 0 Å². The van der Waals surface area contributed by atoms with E-state index in [2.05, 4.69) is 9.72 Å². The standard InChI is InChI=1S/C8H9N3O4/c1-4-3-5(8(12)15-2)6(11(13)14)7(9)10-4/h3H,1-2H3,(H2,9,10). The summed E-state index contributed by atoms with van der Waals surface area (Å²) in [4.78, 5) is 24.8. The van der Waals surface area contributed by atoms with Gasteiger partial charge in [-0.2, -0.15) is 0 Å². The van der Waals surface area contributed by atoms with Gasteiger partial charge in [-0.15, -0.1) is 0 Å². The van der Waals surface area contributed by atoms with Gasteiger partial charge < -0.3 is 10.5 Å². The summed E-state index contributed by atoms with van der Waals surface area (Å²) in [6.07, 6.45) is 0. The summed E-state index contributed by atoms with van der Waals surface area (Å²) < 4.78 is 4.41. The number of carbonyl (C=O) groups excluding carboxylic acids is 1. The molecule has 0 atom stereocenters. The number of nitrogen functional groups attached to an aromatic ring is 1. The molecule has 1 heterocycles. The van der Waals surface area contributed by atoms with Crippen LogP contribution in [0.2, 0.25) is 0 Å². The Morgan fingerprint density at radius 3 is 2.73 bits per heavy atom. The Hall–Kier alpha value is -2.18. The van der Waals surface area contributed by atoms with Crippen LogP contribution in [0.1, 0.15) is 16.1 Å². The van der Waals surface area contributed by atoms with E-state index in [1.165, 1.54) is 6.07 Å². The fraction of sp³-hybridized carbons (Fsp3) is 0.250. The van der Waals surface area contributed by atoms with Gasteiger partial charge >= 0.3 is 11.7 Å². The van der Waals surface area contributed by atoms with Crippen molar-refractivity contribution in [3.63, 3.8) is 0 Å². The number of nitro groups is 1. The van der Waals surface area contributed by atoms with Gasteiger partial charge in [0.15, 0.2) is 0 Å². The summed E-state index contributed by atoms with van der Waals surface area (Å²) in [6.45, 7) is 1.58. The molecule has 0 aromatic carbocycles. The molecule has 0 unspecified atom stereocenters. The number of aromatic nitrogens is 1. The average Bonchev–Trinajstić information content (AvgIpc) is 2.14. The van der Waals surface area contributed by atoms with Crippen molar-refractivity contribution in [2.24, 2.45) is 0 Å². The zero-order valence-electron chi connectivity index (χ0n) is 8.18. The number of carbonyl (C=O) groups is 1. The first-order chi connectivity index (χ1) is 6.97. The molecule has 0 bridgehead atoms. The van der Waals surface area contributed by atoms with Crippen LogP contribution in [0.4, 0.5) is 11.5 Å². The molecule has 15 heavy (non-hydrogen) atoms. The molecular formula is C8H9N3O4. The van der Waals surface area contributed by atoms with Crippen LogP contribution in [0.3, 0.4) is 0 Å². The lowest BCUT2D eigenvalue weighted by molar-refractivity contribution is -0.384. The Balaban J connectivity index is 3.46. The van der Waals surface area contributed by atoms with Crippen LogP contribution < -0.4 is 5.73 Å². The molecule has 80 valence electrons. The zero-order valence-corrected chi connectivity index (χ0v) is 8.18. The van der Waals surface area contributed by atoms with E-state index in [1.807, 2.05) is 0 Å². The lowest BCUT2D eigenvalue weighted by Gasteiger charge is -2.04. The van der Waals surface area contributed by atoms with Crippen LogP contribution in [0.15, 0.2) is 6.07 Å². The highest BCUT2D eigenvalue weighted by atomic mass is 16.6. The van der Waals surface area contributed by atoms with Gasteiger partial charge in [-0.1, -0.05) is 0 Å². The molecule has 1 aromatic heterocycles. The van der Waals surface area contributed by atoms with Crippen molar-refractivity contribution in [1.29, 1.82) is 0 Å². The molecule has 7 nitrogen and oxygen atoms in total. The smallest absolute Gasteiger partial charge is 0.345 e. The fourth-order valence-corrected chi connectivity index (χ4v) is 1.15. The van der Waals surface area contributed by atoms with Crippen molar-refractivity contribution >= 4 is 17.5 Å². The van der Waals surface area contributed by atoms with Crippen LogP contribution in [-0.4, -0.2) is 23.0 Å². The van der Waals surface area contributed by atoms with Crippen molar-refractivity contribution < 1.29 is 14.5 Å². The molecule has 0 amide bonds. The third-order valence-electron chi connectivity index (χ3n) is 1.74. The number of nitrogens with zero attached hydrogens (tertiary/aromatic N) is 2. The number of hydrogen-bond donors (Lipinski definition) is 1. The topological polar surface area (TPSA) is 108 Å². The first kappa shape index (κ1) is 10.9. The first-order valence-corrected chi connectivity index (χ1v) is 3.97. The lowest BCUT2D eigenvalue weighted by Crippen LogP contribution is -2.10. The van der Waals surface area contributed by atoms with E-state index >= 15 is 0 Å². The number of ether oxygens (including phenoxy) is 1. The molecule has 7 heteroatoms. The van der Waals surface area contributed by atoms with Gasteiger partial charge in [-0.3, -0.25) is 10.1 Å². The van der Waals surface area contributed by atoms with E-state index in [1.54, 1.807) is 6.92 Å². The van der Waals surface area contributed by atoms with Crippen molar-refractivity contribution in [1.82, 2.24) is 4.98 Å². The predicted octanol–water partition coefficient (Wildman–Crippen LogP) is 0.667. The van der Waals surface area contributed by atoms with Gasteiger partial charge in [0.05, 0.1) is 12.0 Å². The minimum absolute atomic E-state index is 0.187. The molecule has 0 aliphatic carbocycles. The highest BCUT2D eigenvalue weighted by Crippen LogP contribution is 2.25. The quantitative estimate of drug-likeness (QED) is 0.437. The van der Waals surface area contributed by atoms with Gasteiger partial charge in [0.25, 0.3) is 0 Å². The predicted molar refractivity (Wildman–Crippen MR) is 51.4 cm³/mol. The molecule has 0 radical (unpaired) electrons. The molecule has 1 rings (SSSR count). The summed E-state index contributed by atoms with van der Waals surface area (Å²) in [5.74, 6) is -1.10. The molecule has 2 N–H and O–H groups in total. The average molecular weight is 211 g/mol. The van der Waals surface area contributed by atoms with Crippen LogP contribution in [0.25, 0.3) is 0 Å². The van der Waals surface area contributed by atoms with E-state index in [-0.39, 0.29) is 11.4 Å². The molecule has 0 fully saturated rings. The number of hydrogen-bond acceptors (Lipinski definition) is 6. The molecule has 0 spiro atoms. The van der Waals surface area contributed by atoms with Crippen LogP contribution in [-0.2, 0) is 4.74 Å². The normalized spacial score (nSPS) is 9.73. The highest BCUT2D eigenvalue weighted by molar-refractivity contribution is 5.95. The van der Waals surface area contributed by atoms with E-state index in [9.17, 15) is 14.9 Å². The maximum atomic E-state index is 11.2. The maximum absolute atomic E-state index is 11.2. The molecule has 0 aliphatic heterocycles. The molecular weight excluding hydrogens is 202 g/mol. The van der Waals surface area contributed by atoms with Crippen LogP contribution in [0, 0.1) is 17.0 Å². The Bertz CT molecular complexity index is 430. The second-order valence-corrected chi connectivity index (χ2v) is 2.79. The lowest BCUT2D eigenvalue weighted by atomic mass is 10.2. The van der Waals surface area contributed by atoms with Gasteiger partial charge in [-0.05, 0) is 13.0 Å². The number of methoxy groups -OCH3 is 1. The van der Waals surface area contributed by atoms with Crippen molar-refractivity contribution in [3.8, 4) is 0 Å². The van der Waals surface area contributed by atoms with Crippen molar-refractivity contribution in [3.05, 3.63) is 27.4 Å². The second-order valence-electron chi connectivity index (χ2n) is 2.79. The summed E-state index contributed by atoms with van der Waals surface area (Å²) in [5, 5.41) is 10.7. The summed E-state index contributed by atoms with van der Waals surface area (Å²) >= 11 is 0. The van der Waals surface area contributed by atoms with E-state index in [0.717, 1.165) is 7.11 Å².